The summed E-state index contributed by atoms with van der Waals surface area (Å²) in [6.07, 6.45) is 5.46. The van der Waals surface area contributed by atoms with Crippen LogP contribution in [0.5, 0.6) is 6.01 Å². The second kappa shape index (κ2) is 8.63. The van der Waals surface area contributed by atoms with Crippen LogP contribution in [0.4, 0.5) is 0 Å². The summed E-state index contributed by atoms with van der Waals surface area (Å²) in [5.41, 5.74) is 1.38. The Bertz CT molecular complexity index is 819. The number of imidazole rings is 1. The van der Waals surface area contributed by atoms with E-state index >= 15 is 0 Å². The largest absolute Gasteiger partial charge is 0.461 e. The number of nitrogens with zero attached hydrogens (tertiary/aromatic N) is 3. The maximum absolute atomic E-state index is 11.0. The van der Waals surface area contributed by atoms with Crippen LogP contribution in [0, 0.1) is 0 Å². The first kappa shape index (κ1) is 20.2. The smallest absolute Gasteiger partial charge is 0.297 e. The molecule has 0 aromatic carbocycles. The zero-order chi connectivity index (χ0) is 19.6. The second-order valence-electron chi connectivity index (χ2n) is 7.00. The quantitative estimate of drug-likeness (QED) is 0.731. The summed E-state index contributed by atoms with van der Waals surface area (Å²) in [5, 5.41) is 3.46. The highest BCUT2D eigenvalue weighted by molar-refractivity contribution is 6.44. The minimum absolute atomic E-state index is 0.0154. The minimum Gasteiger partial charge on any atom is -0.461 e. The Kier molecular flexibility index (Phi) is 6.44. The van der Waals surface area contributed by atoms with Gasteiger partial charge in [-0.2, -0.15) is 4.98 Å². The normalized spacial score (nSPS) is 21.2. The molecule has 0 saturated heterocycles. The van der Waals surface area contributed by atoms with Crippen molar-refractivity contribution >= 4 is 40.1 Å². The summed E-state index contributed by atoms with van der Waals surface area (Å²) in [6.45, 7) is 3.97. The number of carbonyl (C=O) groups excluding carboxylic acids is 1. The number of halogens is 2. The van der Waals surface area contributed by atoms with Gasteiger partial charge >= 0.3 is 0 Å². The molecule has 9 heteroatoms. The van der Waals surface area contributed by atoms with Gasteiger partial charge in [-0.15, -0.1) is 0 Å². The molecule has 7 nitrogen and oxygen atoms in total. The summed E-state index contributed by atoms with van der Waals surface area (Å²) < 4.78 is 13.8. The van der Waals surface area contributed by atoms with Crippen molar-refractivity contribution in [2.24, 2.45) is 7.05 Å². The number of nitrogens with one attached hydrogen (secondary N) is 1. The molecule has 0 unspecified atom stereocenters. The third-order valence-corrected chi connectivity index (χ3v) is 5.44. The van der Waals surface area contributed by atoms with Crippen LogP contribution >= 0.6 is 23.2 Å². The molecule has 1 N–H and O–H groups in total. The standard InChI is InChI=1S/C18H24Cl2N4O3/c1-10(22-11(2)25)9-26-12-4-6-13(7-5-12)27-18-23-14-8-21-17(20)15(19)16(14)24(18)3/h8,10,12-13H,4-7,9H2,1-3H3,(H,22,25)/t10-,12?,13?/m0/s1. The van der Waals surface area contributed by atoms with E-state index in [1.807, 2.05) is 18.5 Å². The van der Waals surface area contributed by atoms with Gasteiger partial charge in [0.05, 0.1) is 24.4 Å². The Morgan fingerprint density at radius 1 is 1.33 bits per heavy atom. The molecule has 1 aliphatic rings. The van der Waals surface area contributed by atoms with Crippen molar-refractivity contribution in [2.75, 3.05) is 6.61 Å². The highest BCUT2D eigenvalue weighted by Crippen LogP contribution is 2.32. The van der Waals surface area contributed by atoms with E-state index in [4.69, 9.17) is 32.7 Å². The van der Waals surface area contributed by atoms with Gasteiger partial charge in [-0.1, -0.05) is 23.2 Å². The molecule has 1 fully saturated rings. The van der Waals surface area contributed by atoms with Gasteiger partial charge in [0.1, 0.15) is 21.8 Å². The van der Waals surface area contributed by atoms with Crippen molar-refractivity contribution in [1.29, 1.82) is 0 Å². The summed E-state index contributed by atoms with van der Waals surface area (Å²) in [6, 6.07) is 0.529. The lowest BCUT2D eigenvalue weighted by atomic mass is 9.95. The third-order valence-electron chi connectivity index (χ3n) is 4.70. The lowest BCUT2D eigenvalue weighted by Crippen LogP contribution is -2.37. The average Bonchev–Trinajstić information content (AvgIpc) is 2.93. The molecule has 0 spiro atoms. The van der Waals surface area contributed by atoms with E-state index in [0.29, 0.717) is 23.2 Å². The number of pyridine rings is 1. The van der Waals surface area contributed by atoms with Crippen LogP contribution in [0.2, 0.25) is 10.2 Å². The number of hydrogen-bond donors (Lipinski definition) is 1. The van der Waals surface area contributed by atoms with Crippen LogP contribution in [-0.4, -0.2) is 45.3 Å². The van der Waals surface area contributed by atoms with E-state index in [9.17, 15) is 4.79 Å². The molecule has 148 valence electrons. The number of hydrogen-bond acceptors (Lipinski definition) is 5. The van der Waals surface area contributed by atoms with E-state index in [1.54, 1.807) is 6.20 Å². The van der Waals surface area contributed by atoms with Gasteiger partial charge in [-0.3, -0.25) is 9.36 Å². The van der Waals surface area contributed by atoms with Gasteiger partial charge < -0.3 is 14.8 Å². The number of amides is 1. The van der Waals surface area contributed by atoms with Gasteiger partial charge in [-0.05, 0) is 32.6 Å². The molecule has 1 aliphatic carbocycles. The van der Waals surface area contributed by atoms with Gasteiger partial charge in [0.15, 0.2) is 0 Å². The van der Waals surface area contributed by atoms with Gasteiger partial charge in [-0.25, -0.2) is 4.98 Å². The van der Waals surface area contributed by atoms with Gasteiger partial charge in [0, 0.05) is 20.0 Å². The van der Waals surface area contributed by atoms with Gasteiger partial charge in [0.2, 0.25) is 5.91 Å². The van der Waals surface area contributed by atoms with Crippen LogP contribution in [0.1, 0.15) is 39.5 Å². The van der Waals surface area contributed by atoms with Gasteiger partial charge in [0.25, 0.3) is 6.01 Å². The molecule has 1 amide bonds. The Labute approximate surface area is 168 Å². The number of carbonyl (C=O) groups is 1. The lowest BCUT2D eigenvalue weighted by molar-refractivity contribution is -0.120. The van der Waals surface area contributed by atoms with E-state index in [-0.39, 0.29) is 29.3 Å². The van der Waals surface area contributed by atoms with Crippen molar-refractivity contribution in [1.82, 2.24) is 19.9 Å². The first-order valence-electron chi connectivity index (χ1n) is 9.07. The van der Waals surface area contributed by atoms with Crippen LogP contribution in [0.25, 0.3) is 11.0 Å². The molecular formula is C18H24Cl2N4O3. The molecule has 1 saturated carbocycles. The fourth-order valence-corrected chi connectivity index (χ4v) is 3.77. The monoisotopic (exact) mass is 414 g/mol. The van der Waals surface area contributed by atoms with Crippen molar-refractivity contribution in [3.63, 3.8) is 0 Å². The zero-order valence-corrected chi connectivity index (χ0v) is 17.2. The molecule has 0 bridgehead atoms. The molecule has 2 aromatic heterocycles. The molecule has 3 rings (SSSR count). The van der Waals surface area contributed by atoms with Crippen molar-refractivity contribution in [2.45, 2.75) is 57.8 Å². The fraction of sp³-hybridized carbons (Fsp3) is 0.611. The van der Waals surface area contributed by atoms with Crippen molar-refractivity contribution in [3.8, 4) is 6.01 Å². The Morgan fingerprint density at radius 3 is 2.67 bits per heavy atom. The number of fused-ring (bicyclic) bond motifs is 1. The number of ether oxygens (including phenoxy) is 2. The molecule has 1 atom stereocenters. The maximum atomic E-state index is 11.0. The summed E-state index contributed by atoms with van der Waals surface area (Å²) in [7, 11) is 1.85. The van der Waals surface area contributed by atoms with E-state index in [2.05, 4.69) is 15.3 Å². The Hall–Kier alpha value is -1.57. The SMILES string of the molecule is CC(=O)N[C@@H](C)COC1CCC(Oc2nc3cnc(Cl)c(Cl)c3n2C)CC1. The number of aryl methyl sites for hydroxylation is 1. The molecular weight excluding hydrogens is 391 g/mol. The fourth-order valence-electron chi connectivity index (χ4n) is 3.36. The number of aromatic nitrogens is 3. The molecule has 2 aromatic rings. The van der Waals surface area contributed by atoms with Crippen LogP contribution in [0.15, 0.2) is 6.20 Å². The lowest BCUT2D eigenvalue weighted by Gasteiger charge is -2.29. The first-order chi connectivity index (χ1) is 12.8. The van der Waals surface area contributed by atoms with Crippen molar-refractivity contribution < 1.29 is 14.3 Å². The summed E-state index contributed by atoms with van der Waals surface area (Å²) >= 11 is 12.2. The van der Waals surface area contributed by atoms with Crippen LogP contribution in [0.3, 0.4) is 0 Å². The highest BCUT2D eigenvalue weighted by Gasteiger charge is 2.25. The van der Waals surface area contributed by atoms with E-state index in [0.717, 1.165) is 31.2 Å². The maximum Gasteiger partial charge on any atom is 0.297 e. The predicted molar refractivity (Wildman–Crippen MR) is 104 cm³/mol. The van der Waals surface area contributed by atoms with Crippen LogP contribution < -0.4 is 10.1 Å². The molecule has 0 radical (unpaired) electrons. The molecule has 0 aliphatic heterocycles. The Balaban J connectivity index is 1.54. The minimum atomic E-state index is -0.0396. The van der Waals surface area contributed by atoms with Crippen LogP contribution in [-0.2, 0) is 16.6 Å². The molecule has 27 heavy (non-hydrogen) atoms. The summed E-state index contributed by atoms with van der Waals surface area (Å²) in [4.78, 5) is 19.6. The average molecular weight is 415 g/mol. The van der Waals surface area contributed by atoms with E-state index < -0.39 is 0 Å². The first-order valence-corrected chi connectivity index (χ1v) is 9.82. The zero-order valence-electron chi connectivity index (χ0n) is 15.7. The van der Waals surface area contributed by atoms with Crippen molar-refractivity contribution in [3.05, 3.63) is 16.4 Å². The third kappa shape index (κ3) is 4.83. The Morgan fingerprint density at radius 2 is 2.00 bits per heavy atom. The second-order valence-corrected chi connectivity index (χ2v) is 7.74. The topological polar surface area (TPSA) is 78.3 Å². The predicted octanol–water partition coefficient (Wildman–Crippen LogP) is 3.51. The highest BCUT2D eigenvalue weighted by atomic mass is 35.5. The summed E-state index contributed by atoms with van der Waals surface area (Å²) in [5.74, 6) is -0.0396. The van der Waals surface area contributed by atoms with E-state index in [1.165, 1.54) is 6.92 Å². The number of rotatable bonds is 6. The molecule has 2 heterocycles.